The number of carbonyl (C=O) groups is 1. The summed E-state index contributed by atoms with van der Waals surface area (Å²) in [5, 5.41) is 9.84. The summed E-state index contributed by atoms with van der Waals surface area (Å²) in [7, 11) is 0. The van der Waals surface area contributed by atoms with Gasteiger partial charge in [-0.1, -0.05) is 30.3 Å². The number of fused-ring (bicyclic) bond motifs is 1. The SMILES string of the molecule is O=C1CC(c2ccc(CN3CCc4cc(-c5cn[nH]c5)ccc43)cc2)CN1. The zero-order valence-corrected chi connectivity index (χ0v) is 15.1. The molecule has 1 fully saturated rings. The lowest BCUT2D eigenvalue weighted by Crippen LogP contribution is -2.19. The minimum absolute atomic E-state index is 0.160. The lowest BCUT2D eigenvalue weighted by molar-refractivity contribution is -0.119. The summed E-state index contributed by atoms with van der Waals surface area (Å²) in [6, 6.07) is 15.5. The minimum atomic E-state index is 0.160. The maximum atomic E-state index is 11.4. The van der Waals surface area contributed by atoms with Gasteiger partial charge in [-0.05, 0) is 40.8 Å². The molecule has 2 aliphatic heterocycles. The zero-order chi connectivity index (χ0) is 18.2. The van der Waals surface area contributed by atoms with Crippen molar-refractivity contribution < 1.29 is 4.79 Å². The van der Waals surface area contributed by atoms with E-state index in [4.69, 9.17) is 0 Å². The van der Waals surface area contributed by atoms with Gasteiger partial charge in [0.15, 0.2) is 0 Å². The lowest BCUT2D eigenvalue weighted by Gasteiger charge is -2.20. The van der Waals surface area contributed by atoms with Crippen molar-refractivity contribution >= 4 is 11.6 Å². The van der Waals surface area contributed by atoms with Crippen LogP contribution in [-0.2, 0) is 17.8 Å². The van der Waals surface area contributed by atoms with E-state index in [1.165, 1.54) is 27.9 Å². The second-order valence-electron chi connectivity index (χ2n) is 7.45. The number of rotatable bonds is 4. The van der Waals surface area contributed by atoms with Crippen molar-refractivity contribution in [3.63, 3.8) is 0 Å². The highest BCUT2D eigenvalue weighted by Crippen LogP contribution is 2.33. The average Bonchev–Trinajstić information content (AvgIpc) is 3.44. The molecule has 136 valence electrons. The van der Waals surface area contributed by atoms with Crippen LogP contribution < -0.4 is 10.2 Å². The standard InChI is InChI=1S/C22H22N4O/c27-22-10-19(11-23-22)16-3-1-15(2-4-16)14-26-8-7-18-9-17(5-6-21(18)26)20-12-24-25-13-20/h1-6,9,12-13,19H,7-8,10-11,14H2,(H,23,27)(H,24,25). The zero-order valence-electron chi connectivity index (χ0n) is 15.1. The molecule has 2 N–H and O–H groups in total. The smallest absolute Gasteiger partial charge is 0.220 e. The van der Waals surface area contributed by atoms with Crippen LogP contribution in [0.3, 0.4) is 0 Å². The highest BCUT2D eigenvalue weighted by Gasteiger charge is 2.23. The van der Waals surface area contributed by atoms with Crippen molar-refractivity contribution in [3.8, 4) is 11.1 Å². The Morgan fingerprint density at radius 1 is 1.11 bits per heavy atom. The van der Waals surface area contributed by atoms with E-state index in [1.54, 1.807) is 0 Å². The van der Waals surface area contributed by atoms with Crippen molar-refractivity contribution in [2.45, 2.75) is 25.3 Å². The van der Waals surface area contributed by atoms with Crippen LogP contribution in [0.25, 0.3) is 11.1 Å². The molecule has 2 aromatic carbocycles. The van der Waals surface area contributed by atoms with Crippen LogP contribution in [0.15, 0.2) is 54.9 Å². The summed E-state index contributed by atoms with van der Waals surface area (Å²) in [5.74, 6) is 0.480. The van der Waals surface area contributed by atoms with Crippen LogP contribution in [0, 0.1) is 0 Å². The van der Waals surface area contributed by atoms with E-state index in [0.29, 0.717) is 12.3 Å². The molecular weight excluding hydrogens is 336 g/mol. The van der Waals surface area contributed by atoms with Gasteiger partial charge in [0.2, 0.25) is 5.91 Å². The van der Waals surface area contributed by atoms with E-state index in [-0.39, 0.29) is 5.91 Å². The Morgan fingerprint density at radius 2 is 2.00 bits per heavy atom. The number of aromatic amines is 1. The topological polar surface area (TPSA) is 61.0 Å². The van der Waals surface area contributed by atoms with Gasteiger partial charge >= 0.3 is 0 Å². The maximum Gasteiger partial charge on any atom is 0.220 e. The van der Waals surface area contributed by atoms with Crippen LogP contribution in [0.2, 0.25) is 0 Å². The molecule has 1 atom stereocenters. The third kappa shape index (κ3) is 3.10. The van der Waals surface area contributed by atoms with Crippen LogP contribution >= 0.6 is 0 Å². The number of carbonyl (C=O) groups excluding carboxylic acids is 1. The van der Waals surface area contributed by atoms with E-state index in [2.05, 4.69) is 62.9 Å². The molecule has 0 spiro atoms. The summed E-state index contributed by atoms with van der Waals surface area (Å²) in [6.45, 7) is 2.73. The van der Waals surface area contributed by atoms with E-state index >= 15 is 0 Å². The molecule has 1 saturated heterocycles. The van der Waals surface area contributed by atoms with Crippen LogP contribution in [0.1, 0.15) is 29.0 Å². The van der Waals surface area contributed by atoms with Crippen LogP contribution in [0.4, 0.5) is 5.69 Å². The first kappa shape index (κ1) is 16.1. The average molecular weight is 358 g/mol. The van der Waals surface area contributed by atoms with Crippen molar-refractivity contribution in [2.24, 2.45) is 0 Å². The summed E-state index contributed by atoms with van der Waals surface area (Å²) >= 11 is 0. The molecule has 5 nitrogen and oxygen atoms in total. The van der Waals surface area contributed by atoms with Gasteiger partial charge in [0.1, 0.15) is 0 Å². The Hall–Kier alpha value is -3.08. The third-order valence-electron chi connectivity index (χ3n) is 5.70. The first-order valence-electron chi connectivity index (χ1n) is 9.49. The van der Waals surface area contributed by atoms with Crippen LogP contribution in [0.5, 0.6) is 0 Å². The van der Waals surface area contributed by atoms with Gasteiger partial charge < -0.3 is 10.2 Å². The van der Waals surface area contributed by atoms with E-state index in [1.807, 2.05) is 12.4 Å². The fourth-order valence-electron chi connectivity index (χ4n) is 4.18. The quantitative estimate of drug-likeness (QED) is 0.753. The molecule has 2 aliphatic rings. The molecule has 5 rings (SSSR count). The summed E-state index contributed by atoms with van der Waals surface area (Å²) < 4.78 is 0. The molecule has 1 unspecified atom stereocenters. The number of amides is 1. The summed E-state index contributed by atoms with van der Waals surface area (Å²) in [4.78, 5) is 13.9. The Morgan fingerprint density at radius 3 is 2.74 bits per heavy atom. The van der Waals surface area contributed by atoms with E-state index < -0.39 is 0 Å². The number of nitrogens with zero attached hydrogens (tertiary/aromatic N) is 2. The highest BCUT2D eigenvalue weighted by molar-refractivity contribution is 5.79. The number of aromatic nitrogens is 2. The van der Waals surface area contributed by atoms with Crippen molar-refractivity contribution in [2.75, 3.05) is 18.0 Å². The molecular formula is C22H22N4O. The molecule has 0 saturated carbocycles. The fraction of sp³-hybridized carbons (Fsp3) is 0.273. The molecule has 0 aliphatic carbocycles. The van der Waals surface area contributed by atoms with Crippen molar-refractivity contribution in [1.82, 2.24) is 15.5 Å². The second-order valence-corrected chi connectivity index (χ2v) is 7.45. The van der Waals surface area contributed by atoms with E-state index in [9.17, 15) is 4.79 Å². The lowest BCUT2D eigenvalue weighted by atomic mass is 9.97. The monoisotopic (exact) mass is 358 g/mol. The number of anilines is 1. The first-order valence-corrected chi connectivity index (χ1v) is 9.49. The molecule has 3 heterocycles. The number of hydrogen-bond donors (Lipinski definition) is 2. The van der Waals surface area contributed by atoms with Crippen molar-refractivity contribution in [3.05, 3.63) is 71.5 Å². The Labute approximate surface area is 158 Å². The summed E-state index contributed by atoms with van der Waals surface area (Å²) in [5.41, 5.74) is 7.64. The molecule has 1 aromatic heterocycles. The van der Waals surface area contributed by atoms with Gasteiger partial charge in [0.25, 0.3) is 0 Å². The molecule has 0 bridgehead atoms. The van der Waals surface area contributed by atoms with Gasteiger partial charge in [-0.15, -0.1) is 0 Å². The highest BCUT2D eigenvalue weighted by atomic mass is 16.1. The Balaban J connectivity index is 1.31. The molecule has 1 amide bonds. The molecule has 27 heavy (non-hydrogen) atoms. The number of H-pyrrole nitrogens is 1. The van der Waals surface area contributed by atoms with Crippen LogP contribution in [-0.4, -0.2) is 29.2 Å². The Kier molecular flexibility index (Phi) is 3.93. The maximum absolute atomic E-state index is 11.4. The second kappa shape index (κ2) is 6.58. The van der Waals surface area contributed by atoms with Crippen molar-refractivity contribution in [1.29, 1.82) is 0 Å². The summed E-state index contributed by atoms with van der Waals surface area (Å²) in [6.07, 6.45) is 5.49. The largest absolute Gasteiger partial charge is 0.367 e. The molecule has 3 aromatic rings. The number of nitrogens with one attached hydrogen (secondary N) is 2. The van der Waals surface area contributed by atoms with Gasteiger partial charge in [0, 0.05) is 49.4 Å². The number of hydrogen-bond acceptors (Lipinski definition) is 3. The predicted octanol–water partition coefficient (Wildman–Crippen LogP) is 3.24. The molecule has 5 heteroatoms. The van der Waals surface area contributed by atoms with Gasteiger partial charge in [0.05, 0.1) is 6.20 Å². The third-order valence-corrected chi connectivity index (χ3v) is 5.70. The predicted molar refractivity (Wildman–Crippen MR) is 106 cm³/mol. The minimum Gasteiger partial charge on any atom is -0.367 e. The van der Waals surface area contributed by atoms with Gasteiger partial charge in [-0.25, -0.2) is 0 Å². The fourth-order valence-corrected chi connectivity index (χ4v) is 4.18. The first-order chi connectivity index (χ1) is 13.3. The number of benzene rings is 2. The van der Waals surface area contributed by atoms with Gasteiger partial charge in [-0.2, -0.15) is 5.10 Å². The molecule has 0 radical (unpaired) electrons. The van der Waals surface area contributed by atoms with Gasteiger partial charge in [-0.3, -0.25) is 9.89 Å². The normalized spacial score (nSPS) is 18.6. The van der Waals surface area contributed by atoms with E-state index in [0.717, 1.165) is 31.6 Å². The Bertz CT molecular complexity index is 962.